The molecule has 26 heavy (non-hydrogen) atoms. The number of hydrogen-bond donors (Lipinski definition) is 1. The molecule has 1 fully saturated rings. The zero-order valence-corrected chi connectivity index (χ0v) is 16.2. The first kappa shape index (κ1) is 17.7. The average molecular weight is 352 g/mol. The van der Waals surface area contributed by atoms with Crippen molar-refractivity contribution in [3.63, 3.8) is 0 Å². The smallest absolute Gasteiger partial charge is 0.123 e. The van der Waals surface area contributed by atoms with Gasteiger partial charge in [-0.15, -0.1) is 0 Å². The van der Waals surface area contributed by atoms with Gasteiger partial charge < -0.3 is 5.32 Å². The van der Waals surface area contributed by atoms with E-state index in [9.17, 15) is 4.39 Å². The van der Waals surface area contributed by atoms with E-state index in [1.807, 2.05) is 12.1 Å². The molecule has 3 atom stereocenters. The minimum atomic E-state index is -0.255. The normalized spacial score (nSPS) is 31.0. The van der Waals surface area contributed by atoms with Crippen molar-refractivity contribution in [3.05, 3.63) is 71.0 Å². The summed E-state index contributed by atoms with van der Waals surface area (Å²) in [6.07, 6.45) is 2.23. The van der Waals surface area contributed by atoms with Gasteiger partial charge in [0.25, 0.3) is 0 Å². The van der Waals surface area contributed by atoms with Gasteiger partial charge in [-0.1, -0.05) is 36.4 Å². The van der Waals surface area contributed by atoms with Gasteiger partial charge in [-0.25, -0.2) is 4.39 Å². The summed E-state index contributed by atoms with van der Waals surface area (Å²) >= 11 is 0. The largest absolute Gasteiger partial charge is 0.304 e. The molecule has 2 aromatic carbocycles. The minimum absolute atomic E-state index is 0.120. The summed E-state index contributed by atoms with van der Waals surface area (Å²) in [6, 6.07) is 16.5. The summed E-state index contributed by atoms with van der Waals surface area (Å²) in [5, 5.41) is 3.96. The van der Waals surface area contributed by atoms with Gasteiger partial charge in [0.15, 0.2) is 0 Å². The Bertz CT molecular complexity index is 798. The van der Waals surface area contributed by atoms with Crippen molar-refractivity contribution in [1.29, 1.82) is 0 Å². The average Bonchev–Trinajstić information content (AvgIpc) is 3.06. The number of hydrogen-bond acceptors (Lipinski definition) is 2. The van der Waals surface area contributed by atoms with E-state index in [0.717, 1.165) is 19.4 Å². The first-order valence-corrected chi connectivity index (χ1v) is 9.70. The van der Waals surface area contributed by atoms with Gasteiger partial charge in [0.2, 0.25) is 0 Å². The second kappa shape index (κ2) is 6.17. The summed E-state index contributed by atoms with van der Waals surface area (Å²) in [6.45, 7) is 7.86. The molecule has 1 N–H and O–H groups in total. The van der Waals surface area contributed by atoms with E-state index in [1.54, 1.807) is 12.1 Å². The van der Waals surface area contributed by atoms with Crippen LogP contribution in [-0.2, 0) is 12.0 Å². The van der Waals surface area contributed by atoms with Crippen molar-refractivity contribution in [3.8, 4) is 0 Å². The molecule has 2 nitrogen and oxygen atoms in total. The summed E-state index contributed by atoms with van der Waals surface area (Å²) < 4.78 is 13.7. The van der Waals surface area contributed by atoms with E-state index in [1.165, 1.54) is 16.7 Å². The van der Waals surface area contributed by atoms with Crippen LogP contribution < -0.4 is 5.32 Å². The van der Waals surface area contributed by atoms with E-state index in [4.69, 9.17) is 0 Å². The molecule has 1 aliphatic heterocycles. The van der Waals surface area contributed by atoms with Gasteiger partial charge in [-0.05, 0) is 69.5 Å². The first-order valence-electron chi connectivity index (χ1n) is 9.70. The highest BCUT2D eigenvalue weighted by molar-refractivity contribution is 5.44. The fraction of sp³-hybridized carbons (Fsp3) is 0.478. The third kappa shape index (κ3) is 2.37. The Kier molecular flexibility index (Phi) is 4.20. The monoisotopic (exact) mass is 352 g/mol. The molecule has 0 amide bonds. The topological polar surface area (TPSA) is 15.3 Å². The van der Waals surface area contributed by atoms with Crippen LogP contribution in [0.3, 0.4) is 0 Å². The van der Waals surface area contributed by atoms with E-state index < -0.39 is 0 Å². The second-order valence-corrected chi connectivity index (χ2v) is 8.50. The third-order valence-electron chi connectivity index (χ3n) is 7.14. The zero-order valence-electron chi connectivity index (χ0n) is 16.2. The predicted octanol–water partition coefficient (Wildman–Crippen LogP) is 4.45. The van der Waals surface area contributed by atoms with Gasteiger partial charge in [0.1, 0.15) is 5.82 Å². The van der Waals surface area contributed by atoms with Gasteiger partial charge in [-0.2, -0.15) is 0 Å². The molecule has 0 spiro atoms. The molecule has 0 aromatic heterocycles. The van der Waals surface area contributed by atoms with E-state index >= 15 is 0 Å². The molecule has 3 unspecified atom stereocenters. The van der Waals surface area contributed by atoms with Crippen molar-refractivity contribution < 1.29 is 4.39 Å². The molecule has 0 bridgehead atoms. The number of aryl methyl sites for hydroxylation is 1. The summed E-state index contributed by atoms with van der Waals surface area (Å²) in [5.41, 5.74) is 3.71. The molecule has 0 saturated carbocycles. The van der Waals surface area contributed by atoms with E-state index in [-0.39, 0.29) is 16.9 Å². The summed E-state index contributed by atoms with van der Waals surface area (Å²) in [5.74, 6) is 0.195. The summed E-state index contributed by atoms with van der Waals surface area (Å²) in [4.78, 5) is 2.49. The van der Waals surface area contributed by atoms with Crippen molar-refractivity contribution >= 4 is 0 Å². The molecule has 1 saturated heterocycles. The van der Waals surface area contributed by atoms with Crippen LogP contribution in [0.2, 0.25) is 0 Å². The Morgan fingerprint density at radius 2 is 1.77 bits per heavy atom. The van der Waals surface area contributed by atoms with Crippen LogP contribution >= 0.6 is 0 Å². The molecule has 4 rings (SSSR count). The first-order chi connectivity index (χ1) is 12.4. The van der Waals surface area contributed by atoms with Crippen molar-refractivity contribution in [2.45, 2.75) is 56.7 Å². The van der Waals surface area contributed by atoms with Crippen LogP contribution in [0.15, 0.2) is 48.5 Å². The maximum atomic E-state index is 13.7. The molecular formula is C23H29FN2. The third-order valence-corrected chi connectivity index (χ3v) is 7.14. The number of benzene rings is 2. The van der Waals surface area contributed by atoms with Gasteiger partial charge in [0, 0.05) is 24.0 Å². The lowest BCUT2D eigenvalue weighted by Gasteiger charge is -2.61. The number of piperazine rings is 1. The van der Waals surface area contributed by atoms with Gasteiger partial charge >= 0.3 is 0 Å². The van der Waals surface area contributed by atoms with Crippen molar-refractivity contribution in [1.82, 2.24) is 10.2 Å². The molecular weight excluding hydrogens is 323 g/mol. The Hall–Kier alpha value is -1.71. The van der Waals surface area contributed by atoms with Crippen LogP contribution in [0.5, 0.6) is 0 Å². The molecule has 2 aliphatic rings. The maximum absolute atomic E-state index is 13.7. The number of nitrogens with zero attached hydrogens (tertiary/aromatic N) is 1. The standard InChI is InChI=1S/C23H29FN2/c1-16-15-25-23(22(2,3)26(16)4,18-10-12-19(24)13-11-18)21-14-9-17-7-5-6-8-20(17)21/h5-8,10-13,16,21,25H,9,14-15H2,1-4H3. The lowest BCUT2D eigenvalue weighted by atomic mass is 9.62. The zero-order chi connectivity index (χ0) is 18.5. The Labute approximate surface area is 156 Å². The fourth-order valence-electron chi connectivity index (χ4n) is 5.42. The lowest BCUT2D eigenvalue weighted by molar-refractivity contribution is -0.0427. The van der Waals surface area contributed by atoms with Crippen molar-refractivity contribution in [2.24, 2.45) is 0 Å². The highest BCUT2D eigenvalue weighted by atomic mass is 19.1. The molecule has 138 valence electrons. The van der Waals surface area contributed by atoms with Crippen LogP contribution in [0.1, 0.15) is 49.8 Å². The second-order valence-electron chi connectivity index (χ2n) is 8.50. The number of fused-ring (bicyclic) bond motifs is 1. The number of rotatable bonds is 2. The predicted molar refractivity (Wildman–Crippen MR) is 105 cm³/mol. The molecule has 1 aliphatic carbocycles. The highest BCUT2D eigenvalue weighted by Crippen LogP contribution is 2.53. The van der Waals surface area contributed by atoms with Gasteiger partial charge in [0.05, 0.1) is 5.54 Å². The SMILES string of the molecule is CC1CNC(c2ccc(F)cc2)(C2CCc3ccccc32)C(C)(C)N1C. The Morgan fingerprint density at radius 1 is 1.08 bits per heavy atom. The summed E-state index contributed by atoms with van der Waals surface area (Å²) in [7, 11) is 2.23. The van der Waals surface area contributed by atoms with Crippen LogP contribution in [0.4, 0.5) is 4.39 Å². The van der Waals surface area contributed by atoms with Crippen molar-refractivity contribution in [2.75, 3.05) is 13.6 Å². The molecule has 1 heterocycles. The number of halogens is 1. The molecule has 2 aromatic rings. The molecule has 0 radical (unpaired) electrons. The van der Waals surface area contributed by atoms with E-state index in [2.05, 4.69) is 62.3 Å². The Morgan fingerprint density at radius 3 is 2.50 bits per heavy atom. The number of nitrogens with one attached hydrogen (secondary N) is 1. The van der Waals surface area contributed by atoms with Crippen LogP contribution in [-0.4, -0.2) is 30.1 Å². The maximum Gasteiger partial charge on any atom is 0.123 e. The quantitative estimate of drug-likeness (QED) is 0.859. The minimum Gasteiger partial charge on any atom is -0.304 e. The van der Waals surface area contributed by atoms with E-state index in [0.29, 0.717) is 12.0 Å². The van der Waals surface area contributed by atoms with Gasteiger partial charge in [-0.3, -0.25) is 4.90 Å². The van der Waals surface area contributed by atoms with Crippen LogP contribution in [0.25, 0.3) is 0 Å². The highest BCUT2D eigenvalue weighted by Gasteiger charge is 2.57. The molecule has 3 heteroatoms. The lowest BCUT2D eigenvalue weighted by Crippen LogP contribution is -2.73. The van der Waals surface area contributed by atoms with Crippen LogP contribution in [0, 0.1) is 5.82 Å². The Balaban J connectivity index is 1.93. The number of likely N-dealkylation sites (N-methyl/N-ethyl adjacent to an activating group) is 1. The fourth-order valence-corrected chi connectivity index (χ4v) is 5.42.